The predicted molar refractivity (Wildman–Crippen MR) is 95.9 cm³/mol. The summed E-state index contributed by atoms with van der Waals surface area (Å²) in [5.74, 6) is -2.30. The molecule has 1 aliphatic heterocycles. The number of hydrogen-bond acceptors (Lipinski definition) is 3. The minimum Gasteiger partial charge on any atom is -0.508 e. The van der Waals surface area contributed by atoms with Gasteiger partial charge in [0.2, 0.25) is 5.91 Å². The van der Waals surface area contributed by atoms with Crippen LogP contribution in [0.1, 0.15) is 34.0 Å². The van der Waals surface area contributed by atoms with Crippen molar-refractivity contribution in [1.82, 2.24) is 4.57 Å². The van der Waals surface area contributed by atoms with E-state index in [-0.39, 0.29) is 29.3 Å². The molecule has 1 aromatic heterocycles. The number of carbonyl (C=O) groups excluding carboxylic acids is 1. The van der Waals surface area contributed by atoms with Gasteiger partial charge in [0, 0.05) is 24.2 Å². The van der Waals surface area contributed by atoms with Gasteiger partial charge < -0.3 is 20.1 Å². The molecule has 2 aromatic carbocycles. The Bertz CT molecular complexity index is 1060. The van der Waals surface area contributed by atoms with Crippen molar-refractivity contribution in [2.24, 2.45) is 0 Å². The zero-order valence-electron chi connectivity index (χ0n) is 14.0. The molecule has 6 nitrogen and oxygen atoms in total. The highest BCUT2D eigenvalue weighted by Crippen LogP contribution is 2.42. The van der Waals surface area contributed by atoms with E-state index in [1.165, 1.54) is 36.5 Å². The summed E-state index contributed by atoms with van der Waals surface area (Å²) in [6.07, 6.45) is 1.52. The van der Waals surface area contributed by atoms with Gasteiger partial charge in [0.1, 0.15) is 17.1 Å². The van der Waals surface area contributed by atoms with Crippen molar-refractivity contribution < 1.29 is 24.2 Å². The first-order valence-electron chi connectivity index (χ1n) is 8.27. The number of carbonyl (C=O) groups is 2. The number of aromatic carboxylic acids is 1. The molecule has 136 valence electrons. The van der Waals surface area contributed by atoms with Gasteiger partial charge in [-0.05, 0) is 42.0 Å². The molecule has 4 rings (SSSR count). The number of carboxylic acid groups (broad SMARTS) is 1. The molecule has 1 aliphatic rings. The fourth-order valence-corrected chi connectivity index (χ4v) is 3.46. The van der Waals surface area contributed by atoms with Crippen LogP contribution in [0.15, 0.2) is 54.7 Å². The Hall–Kier alpha value is -3.61. The van der Waals surface area contributed by atoms with Crippen LogP contribution in [0.4, 0.5) is 10.1 Å². The van der Waals surface area contributed by atoms with Gasteiger partial charge in [-0.3, -0.25) is 4.79 Å². The molecule has 0 aliphatic carbocycles. The second-order valence-corrected chi connectivity index (χ2v) is 6.35. The minimum atomic E-state index is -1.18. The summed E-state index contributed by atoms with van der Waals surface area (Å²) in [7, 11) is 0. The fraction of sp³-hybridized carbons (Fsp3) is 0.100. The molecule has 3 N–H and O–H groups in total. The van der Waals surface area contributed by atoms with Gasteiger partial charge in [-0.15, -0.1) is 0 Å². The van der Waals surface area contributed by atoms with Gasteiger partial charge >= 0.3 is 5.97 Å². The molecule has 0 bridgehead atoms. The number of anilines is 1. The van der Waals surface area contributed by atoms with Crippen LogP contribution in [0.25, 0.3) is 5.69 Å². The quantitative estimate of drug-likeness (QED) is 0.662. The van der Waals surface area contributed by atoms with Crippen molar-refractivity contribution in [3.05, 3.63) is 77.4 Å². The molecular formula is C20H15FN2O4. The zero-order chi connectivity index (χ0) is 19.1. The van der Waals surface area contributed by atoms with Crippen LogP contribution in [0, 0.1) is 5.82 Å². The average molecular weight is 366 g/mol. The number of aromatic hydroxyl groups is 1. The molecule has 0 saturated carbocycles. The van der Waals surface area contributed by atoms with Gasteiger partial charge in [-0.25, -0.2) is 9.18 Å². The number of nitrogens with one attached hydrogen (secondary N) is 1. The van der Waals surface area contributed by atoms with Gasteiger partial charge in [0.25, 0.3) is 0 Å². The normalized spacial score (nSPS) is 15.9. The maximum atomic E-state index is 13.3. The average Bonchev–Trinajstić information content (AvgIpc) is 3.01. The Morgan fingerprint density at radius 1 is 1.19 bits per heavy atom. The number of phenolic OH excluding ortho intramolecular Hbond substituents is 1. The largest absolute Gasteiger partial charge is 0.508 e. The van der Waals surface area contributed by atoms with Gasteiger partial charge in [-0.1, -0.05) is 12.1 Å². The van der Waals surface area contributed by atoms with E-state index in [1.807, 2.05) is 0 Å². The van der Waals surface area contributed by atoms with Crippen LogP contribution in [0.2, 0.25) is 0 Å². The lowest BCUT2D eigenvalue weighted by atomic mass is 9.88. The second-order valence-electron chi connectivity index (χ2n) is 6.35. The Morgan fingerprint density at radius 2 is 1.93 bits per heavy atom. The second kappa shape index (κ2) is 6.28. The Kier molecular flexibility index (Phi) is 3.92. The number of fused-ring (bicyclic) bond motifs is 1. The highest BCUT2D eigenvalue weighted by atomic mass is 19.1. The standard InChI is InChI=1S/C20H15FN2O4/c21-12-4-6-13(7-5-12)23-10-16(20(26)27)18-19(23)15(9-17(25)22-18)11-2-1-3-14(24)8-11/h1-8,10,15,24H,9H2,(H,22,25)(H,26,27)/t15-/m1/s1. The number of carboxylic acids is 1. The Morgan fingerprint density at radius 3 is 2.59 bits per heavy atom. The summed E-state index contributed by atoms with van der Waals surface area (Å²) < 4.78 is 15.0. The third kappa shape index (κ3) is 2.93. The third-order valence-corrected chi connectivity index (χ3v) is 4.64. The van der Waals surface area contributed by atoms with E-state index in [0.717, 1.165) is 0 Å². The van der Waals surface area contributed by atoms with Gasteiger partial charge in [0.15, 0.2) is 0 Å². The SMILES string of the molecule is O=C1C[C@H](c2cccc(O)c2)c2c(c(C(=O)O)cn2-c2ccc(F)cc2)N1. The molecule has 3 aromatic rings. The predicted octanol–water partition coefficient (Wildman–Crippen LogP) is 3.49. The molecule has 27 heavy (non-hydrogen) atoms. The van der Waals surface area contributed by atoms with Crippen LogP contribution in [-0.2, 0) is 4.79 Å². The summed E-state index contributed by atoms with van der Waals surface area (Å²) >= 11 is 0. The number of rotatable bonds is 3. The number of amides is 1. The van der Waals surface area contributed by atoms with E-state index < -0.39 is 17.7 Å². The van der Waals surface area contributed by atoms with Gasteiger partial charge in [0.05, 0.1) is 11.4 Å². The molecule has 2 heterocycles. The summed E-state index contributed by atoms with van der Waals surface area (Å²) in [5, 5.41) is 22.0. The fourth-order valence-electron chi connectivity index (χ4n) is 3.46. The van der Waals surface area contributed by atoms with Crippen molar-refractivity contribution in [2.75, 3.05) is 5.32 Å². The smallest absolute Gasteiger partial charge is 0.339 e. The lowest BCUT2D eigenvalue weighted by Gasteiger charge is -2.26. The Balaban J connectivity index is 1.97. The van der Waals surface area contributed by atoms with E-state index in [2.05, 4.69) is 5.32 Å². The maximum absolute atomic E-state index is 13.3. The lowest BCUT2D eigenvalue weighted by Crippen LogP contribution is -2.25. The molecule has 0 unspecified atom stereocenters. The van der Waals surface area contributed by atoms with E-state index in [1.54, 1.807) is 22.8 Å². The number of nitrogens with zero attached hydrogens (tertiary/aromatic N) is 1. The lowest BCUT2D eigenvalue weighted by molar-refractivity contribution is -0.116. The van der Waals surface area contributed by atoms with Crippen molar-refractivity contribution >= 4 is 17.6 Å². The van der Waals surface area contributed by atoms with Crippen LogP contribution in [-0.4, -0.2) is 26.7 Å². The van der Waals surface area contributed by atoms with E-state index in [4.69, 9.17) is 0 Å². The highest BCUT2D eigenvalue weighted by Gasteiger charge is 2.34. The van der Waals surface area contributed by atoms with Gasteiger partial charge in [-0.2, -0.15) is 0 Å². The third-order valence-electron chi connectivity index (χ3n) is 4.64. The number of phenols is 1. The maximum Gasteiger partial charge on any atom is 0.339 e. The number of aromatic nitrogens is 1. The summed E-state index contributed by atoms with van der Waals surface area (Å²) in [6.45, 7) is 0. The first-order chi connectivity index (χ1) is 12.9. The highest BCUT2D eigenvalue weighted by molar-refractivity contribution is 6.04. The molecule has 0 fully saturated rings. The summed E-state index contributed by atoms with van der Waals surface area (Å²) in [5.41, 5.74) is 2.00. The van der Waals surface area contributed by atoms with Crippen LogP contribution < -0.4 is 5.32 Å². The van der Waals surface area contributed by atoms with E-state index in [9.17, 15) is 24.2 Å². The number of hydrogen-bond donors (Lipinski definition) is 3. The summed E-state index contributed by atoms with van der Waals surface area (Å²) in [4.78, 5) is 23.9. The zero-order valence-corrected chi connectivity index (χ0v) is 14.0. The van der Waals surface area contributed by atoms with Crippen LogP contribution >= 0.6 is 0 Å². The number of halogens is 1. The van der Waals surface area contributed by atoms with Crippen molar-refractivity contribution in [3.8, 4) is 11.4 Å². The molecule has 7 heteroatoms. The first kappa shape index (κ1) is 16.8. The van der Waals surface area contributed by atoms with Crippen LogP contribution in [0.3, 0.4) is 0 Å². The van der Waals surface area contributed by atoms with E-state index >= 15 is 0 Å². The summed E-state index contributed by atoms with van der Waals surface area (Å²) in [6, 6.07) is 12.2. The topological polar surface area (TPSA) is 91.6 Å². The molecular weight excluding hydrogens is 351 g/mol. The van der Waals surface area contributed by atoms with Crippen molar-refractivity contribution in [2.45, 2.75) is 12.3 Å². The van der Waals surface area contributed by atoms with Crippen LogP contribution in [0.5, 0.6) is 5.75 Å². The molecule has 1 amide bonds. The first-order valence-corrected chi connectivity index (χ1v) is 8.27. The van der Waals surface area contributed by atoms with E-state index in [0.29, 0.717) is 16.9 Å². The molecule has 0 radical (unpaired) electrons. The van der Waals surface area contributed by atoms with Crippen molar-refractivity contribution in [3.63, 3.8) is 0 Å². The monoisotopic (exact) mass is 366 g/mol. The Labute approximate surface area is 153 Å². The van der Waals surface area contributed by atoms with Crippen molar-refractivity contribution in [1.29, 1.82) is 0 Å². The minimum absolute atomic E-state index is 0.0486. The molecule has 1 atom stereocenters. The number of benzene rings is 2. The molecule has 0 spiro atoms. The molecule has 0 saturated heterocycles.